The number of ether oxygens (including phenoxy) is 1. The molecule has 0 unspecified atom stereocenters. The topological polar surface area (TPSA) is 80.8 Å². The van der Waals surface area contributed by atoms with Gasteiger partial charge in [0, 0.05) is 5.41 Å². The molecule has 6 nitrogen and oxygen atoms in total. The fourth-order valence-electron chi connectivity index (χ4n) is 4.36. The normalized spacial score (nSPS) is 28.0. The number of fused-ring (bicyclic) bond motifs is 5. The molecule has 1 aromatic rings. The first-order valence-electron chi connectivity index (χ1n) is 9.55. The third-order valence-corrected chi connectivity index (χ3v) is 5.98. The van der Waals surface area contributed by atoms with Crippen LogP contribution >= 0.6 is 0 Å². The number of hydrogen-bond donors (Lipinski definition) is 0. The van der Waals surface area contributed by atoms with Gasteiger partial charge in [0.1, 0.15) is 0 Å². The maximum atomic E-state index is 12.9. The van der Waals surface area contributed by atoms with Crippen LogP contribution in [-0.2, 0) is 19.1 Å². The Bertz CT molecular complexity index is 880. The number of rotatable bonds is 4. The standard InChI is InChI=1S/C22H23NO5/c1-22(2,3)16(24)11-28-21(27)14-5-4-6-15(10-14)23-19(25)17-12-7-8-13(9-12)18(17)20(23)26/h4-8,10,12-13,17-18H,9,11H2,1-3H3/t12-,13-,17+,18+/m0/s1. The summed E-state index contributed by atoms with van der Waals surface area (Å²) in [4.78, 5) is 51.3. The molecule has 2 aliphatic carbocycles. The van der Waals surface area contributed by atoms with E-state index in [0.29, 0.717) is 5.69 Å². The van der Waals surface area contributed by atoms with E-state index in [2.05, 4.69) is 0 Å². The van der Waals surface area contributed by atoms with Crippen LogP contribution in [0.25, 0.3) is 0 Å². The summed E-state index contributed by atoms with van der Waals surface area (Å²) < 4.78 is 5.12. The van der Waals surface area contributed by atoms with Crippen LogP contribution < -0.4 is 4.90 Å². The quantitative estimate of drug-likeness (QED) is 0.455. The molecule has 3 aliphatic rings. The predicted molar refractivity (Wildman–Crippen MR) is 101 cm³/mol. The highest BCUT2D eigenvalue weighted by molar-refractivity contribution is 6.23. The first kappa shape index (κ1) is 18.6. The number of hydrogen-bond acceptors (Lipinski definition) is 5. The lowest BCUT2D eigenvalue weighted by Crippen LogP contribution is -2.33. The van der Waals surface area contributed by atoms with Gasteiger partial charge in [-0.15, -0.1) is 0 Å². The second kappa shape index (κ2) is 6.40. The number of ketones is 1. The van der Waals surface area contributed by atoms with Gasteiger partial charge >= 0.3 is 5.97 Å². The molecule has 1 heterocycles. The number of benzene rings is 1. The molecule has 1 saturated carbocycles. The molecule has 0 N–H and O–H groups in total. The smallest absolute Gasteiger partial charge is 0.338 e. The molecule has 4 rings (SSSR count). The minimum Gasteiger partial charge on any atom is -0.454 e. The van der Waals surface area contributed by atoms with Crippen LogP contribution in [0, 0.1) is 29.1 Å². The van der Waals surface area contributed by atoms with Crippen molar-refractivity contribution in [3.63, 3.8) is 0 Å². The Morgan fingerprint density at radius 1 is 1.07 bits per heavy atom. The number of imide groups is 1. The van der Waals surface area contributed by atoms with E-state index in [1.807, 2.05) is 12.2 Å². The summed E-state index contributed by atoms with van der Waals surface area (Å²) in [5.41, 5.74) is -0.0137. The lowest BCUT2D eigenvalue weighted by atomic mass is 9.85. The monoisotopic (exact) mass is 381 g/mol. The van der Waals surface area contributed by atoms with Gasteiger partial charge in [0.05, 0.1) is 23.1 Å². The molecular weight excluding hydrogens is 358 g/mol. The van der Waals surface area contributed by atoms with Crippen molar-refractivity contribution in [2.24, 2.45) is 29.1 Å². The number of carbonyl (C=O) groups excluding carboxylic acids is 4. The van der Waals surface area contributed by atoms with E-state index in [1.165, 1.54) is 11.0 Å². The van der Waals surface area contributed by atoms with Gasteiger partial charge in [0.15, 0.2) is 12.4 Å². The number of esters is 1. The van der Waals surface area contributed by atoms with Crippen molar-refractivity contribution in [1.29, 1.82) is 0 Å². The van der Waals surface area contributed by atoms with E-state index in [4.69, 9.17) is 4.74 Å². The molecule has 146 valence electrons. The number of allylic oxidation sites excluding steroid dienone is 2. The molecular formula is C22H23NO5. The summed E-state index contributed by atoms with van der Waals surface area (Å²) in [6, 6.07) is 6.28. The van der Waals surface area contributed by atoms with Gasteiger partial charge in [0.25, 0.3) is 0 Å². The van der Waals surface area contributed by atoms with Crippen LogP contribution in [0.3, 0.4) is 0 Å². The Morgan fingerprint density at radius 3 is 2.25 bits per heavy atom. The number of amides is 2. The molecule has 1 saturated heterocycles. The minimum atomic E-state index is -0.652. The summed E-state index contributed by atoms with van der Waals surface area (Å²) in [5.74, 6) is -1.54. The van der Waals surface area contributed by atoms with Gasteiger partial charge in [-0.05, 0) is 36.5 Å². The first-order valence-corrected chi connectivity index (χ1v) is 9.55. The second-order valence-electron chi connectivity index (χ2n) is 8.81. The first-order chi connectivity index (χ1) is 13.2. The summed E-state index contributed by atoms with van der Waals surface area (Å²) in [6.07, 6.45) is 4.95. The maximum absolute atomic E-state index is 12.9. The molecule has 1 aliphatic heterocycles. The molecule has 6 heteroatoms. The highest BCUT2D eigenvalue weighted by Crippen LogP contribution is 2.53. The van der Waals surface area contributed by atoms with Crippen LogP contribution in [0.5, 0.6) is 0 Å². The molecule has 28 heavy (non-hydrogen) atoms. The highest BCUT2D eigenvalue weighted by atomic mass is 16.5. The molecule has 1 aromatic carbocycles. The number of carbonyl (C=O) groups is 4. The lowest BCUT2D eigenvalue weighted by molar-refractivity contribution is -0.129. The van der Waals surface area contributed by atoms with Gasteiger partial charge in [-0.2, -0.15) is 0 Å². The fourth-order valence-corrected chi connectivity index (χ4v) is 4.36. The van der Waals surface area contributed by atoms with Crippen molar-refractivity contribution in [2.45, 2.75) is 27.2 Å². The van der Waals surface area contributed by atoms with Crippen molar-refractivity contribution in [3.05, 3.63) is 42.0 Å². The molecule has 2 bridgehead atoms. The molecule has 2 amide bonds. The summed E-state index contributed by atoms with van der Waals surface area (Å²) in [6.45, 7) is 4.96. The van der Waals surface area contributed by atoms with Crippen molar-refractivity contribution in [2.75, 3.05) is 11.5 Å². The summed E-state index contributed by atoms with van der Waals surface area (Å²) in [5, 5.41) is 0. The maximum Gasteiger partial charge on any atom is 0.338 e. The Kier molecular flexibility index (Phi) is 4.25. The largest absolute Gasteiger partial charge is 0.454 e. The number of nitrogens with zero attached hydrogens (tertiary/aromatic N) is 1. The van der Waals surface area contributed by atoms with Gasteiger partial charge in [0.2, 0.25) is 11.8 Å². The Hall–Kier alpha value is -2.76. The van der Waals surface area contributed by atoms with Crippen molar-refractivity contribution >= 4 is 29.3 Å². The second-order valence-corrected chi connectivity index (χ2v) is 8.81. The molecule has 0 radical (unpaired) electrons. The molecule has 2 fully saturated rings. The van der Waals surface area contributed by atoms with Crippen LogP contribution in [-0.4, -0.2) is 30.2 Å². The van der Waals surface area contributed by atoms with Gasteiger partial charge in [-0.1, -0.05) is 39.0 Å². The van der Waals surface area contributed by atoms with E-state index in [0.717, 1.165) is 6.42 Å². The van der Waals surface area contributed by atoms with Crippen LogP contribution in [0.2, 0.25) is 0 Å². The van der Waals surface area contributed by atoms with Gasteiger partial charge in [-0.25, -0.2) is 9.69 Å². The molecule has 0 aromatic heterocycles. The molecule has 4 atom stereocenters. The van der Waals surface area contributed by atoms with Crippen LogP contribution in [0.4, 0.5) is 5.69 Å². The zero-order valence-corrected chi connectivity index (χ0v) is 16.2. The fraction of sp³-hybridized carbons (Fsp3) is 0.455. The molecule has 0 spiro atoms. The highest BCUT2D eigenvalue weighted by Gasteiger charge is 2.59. The number of anilines is 1. The van der Waals surface area contributed by atoms with Gasteiger partial charge < -0.3 is 4.74 Å². The Morgan fingerprint density at radius 2 is 1.68 bits per heavy atom. The van der Waals surface area contributed by atoms with E-state index < -0.39 is 11.4 Å². The Balaban J connectivity index is 1.52. The third kappa shape index (κ3) is 2.87. The van der Waals surface area contributed by atoms with E-state index in [1.54, 1.807) is 39.0 Å². The average Bonchev–Trinajstić information content (AvgIpc) is 3.32. The summed E-state index contributed by atoms with van der Waals surface area (Å²) >= 11 is 0. The SMILES string of the molecule is CC(C)(C)C(=O)COC(=O)c1cccc(N2C(=O)[C@H]3[C@H](C2=O)[C@H]2C=C[C@H]3C2)c1. The van der Waals surface area contributed by atoms with Crippen molar-refractivity contribution in [1.82, 2.24) is 0 Å². The van der Waals surface area contributed by atoms with E-state index in [9.17, 15) is 19.2 Å². The van der Waals surface area contributed by atoms with Crippen molar-refractivity contribution < 1.29 is 23.9 Å². The zero-order valence-electron chi connectivity index (χ0n) is 16.2. The van der Waals surface area contributed by atoms with E-state index in [-0.39, 0.29) is 53.4 Å². The zero-order chi connectivity index (χ0) is 20.2. The Labute approximate surface area is 163 Å². The van der Waals surface area contributed by atoms with Crippen molar-refractivity contribution in [3.8, 4) is 0 Å². The lowest BCUT2D eigenvalue weighted by Gasteiger charge is -2.18. The van der Waals surface area contributed by atoms with Crippen LogP contribution in [0.1, 0.15) is 37.6 Å². The third-order valence-electron chi connectivity index (χ3n) is 5.98. The van der Waals surface area contributed by atoms with E-state index >= 15 is 0 Å². The summed E-state index contributed by atoms with van der Waals surface area (Å²) in [7, 11) is 0. The average molecular weight is 381 g/mol. The minimum absolute atomic E-state index is 0.132. The van der Waals surface area contributed by atoms with Gasteiger partial charge in [-0.3, -0.25) is 14.4 Å². The van der Waals surface area contributed by atoms with Crippen LogP contribution in [0.15, 0.2) is 36.4 Å². The predicted octanol–water partition coefficient (Wildman–Crippen LogP) is 2.77. The number of Topliss-reactive ketones (excluding diaryl/α,β-unsaturated/α-hetero) is 1.